The Kier molecular flexibility index (Phi) is 5.14. The van der Waals surface area contributed by atoms with Gasteiger partial charge in [0.05, 0.1) is 26.4 Å². The second-order valence-electron chi connectivity index (χ2n) is 4.82. The zero-order chi connectivity index (χ0) is 14.0. The van der Waals surface area contributed by atoms with Crippen LogP contribution in [0.3, 0.4) is 0 Å². The molecule has 0 radical (unpaired) electrons. The fraction of sp³-hybridized carbons (Fsp3) is 0.462. The van der Waals surface area contributed by atoms with Gasteiger partial charge in [-0.2, -0.15) is 0 Å². The van der Waals surface area contributed by atoms with E-state index in [1.165, 1.54) is 0 Å². The molecule has 19 heavy (non-hydrogen) atoms. The average Bonchev–Trinajstić information content (AvgIpc) is 2.70. The number of rotatable bonds is 4. The van der Waals surface area contributed by atoms with Crippen molar-refractivity contribution in [3.05, 3.63) is 36.3 Å². The fourth-order valence-corrected chi connectivity index (χ4v) is 3.04. The van der Waals surface area contributed by atoms with Crippen LogP contribution in [-0.2, 0) is 12.8 Å². The Morgan fingerprint density at radius 1 is 1.32 bits per heavy atom. The molecule has 0 bridgehead atoms. The van der Waals surface area contributed by atoms with Gasteiger partial charge in [0, 0.05) is 5.38 Å². The molecule has 0 saturated carbocycles. The quantitative estimate of drug-likeness (QED) is 0.560. The first-order valence-electron chi connectivity index (χ1n) is 6.07. The van der Waals surface area contributed by atoms with E-state index in [1.807, 2.05) is 12.3 Å². The number of aryl methyl sites for hydroxylation is 1. The summed E-state index contributed by atoms with van der Waals surface area (Å²) in [6.07, 6.45) is 1.57. The maximum Gasteiger partial charge on any atom is 0.146 e. The van der Waals surface area contributed by atoms with Crippen LogP contribution in [0, 0.1) is 16.4 Å². The molecular weight excluding hydrogens is 393 g/mol. The standard InChI is InChI=1S/C13H15ClIN3S/c1-7(2)4-10-12(15)13(14)18-11(17-10)5-9-6-19-8(3)16-9/h6-7H,4-5H2,1-3H3. The van der Waals surface area contributed by atoms with Crippen molar-refractivity contribution in [2.75, 3.05) is 0 Å². The Labute approximate surface area is 136 Å². The van der Waals surface area contributed by atoms with Crippen molar-refractivity contribution in [3.63, 3.8) is 0 Å². The van der Waals surface area contributed by atoms with Crippen molar-refractivity contribution in [2.24, 2.45) is 5.92 Å². The van der Waals surface area contributed by atoms with Gasteiger partial charge < -0.3 is 0 Å². The monoisotopic (exact) mass is 407 g/mol. The van der Waals surface area contributed by atoms with E-state index >= 15 is 0 Å². The molecule has 2 aromatic heterocycles. The van der Waals surface area contributed by atoms with Crippen LogP contribution in [0.1, 0.15) is 36.1 Å². The summed E-state index contributed by atoms with van der Waals surface area (Å²) in [7, 11) is 0. The zero-order valence-electron chi connectivity index (χ0n) is 11.1. The van der Waals surface area contributed by atoms with E-state index in [0.717, 1.165) is 32.2 Å². The van der Waals surface area contributed by atoms with E-state index in [0.29, 0.717) is 17.5 Å². The second kappa shape index (κ2) is 6.45. The molecule has 0 aliphatic rings. The Morgan fingerprint density at radius 3 is 2.63 bits per heavy atom. The van der Waals surface area contributed by atoms with Crippen LogP contribution >= 0.6 is 45.5 Å². The first-order valence-corrected chi connectivity index (χ1v) is 8.41. The van der Waals surface area contributed by atoms with Crippen LogP contribution in [0.2, 0.25) is 5.15 Å². The highest BCUT2D eigenvalue weighted by Gasteiger charge is 2.13. The smallest absolute Gasteiger partial charge is 0.146 e. The molecule has 6 heteroatoms. The fourth-order valence-electron chi connectivity index (χ4n) is 1.76. The molecule has 0 fully saturated rings. The predicted molar refractivity (Wildman–Crippen MR) is 88.0 cm³/mol. The minimum atomic E-state index is 0.549. The van der Waals surface area contributed by atoms with Gasteiger partial charge in [0.15, 0.2) is 0 Å². The van der Waals surface area contributed by atoms with Gasteiger partial charge in [-0.05, 0) is 41.9 Å². The van der Waals surface area contributed by atoms with Crippen molar-refractivity contribution in [2.45, 2.75) is 33.6 Å². The number of hydrogen-bond donors (Lipinski definition) is 0. The molecule has 0 aliphatic carbocycles. The van der Waals surface area contributed by atoms with Gasteiger partial charge >= 0.3 is 0 Å². The third kappa shape index (κ3) is 4.10. The molecule has 2 heterocycles. The maximum atomic E-state index is 6.20. The molecule has 0 unspecified atom stereocenters. The largest absolute Gasteiger partial charge is 0.246 e. The van der Waals surface area contributed by atoms with Gasteiger partial charge in [-0.15, -0.1) is 11.3 Å². The first kappa shape index (κ1) is 15.1. The molecule has 0 amide bonds. The van der Waals surface area contributed by atoms with E-state index in [1.54, 1.807) is 11.3 Å². The summed E-state index contributed by atoms with van der Waals surface area (Å²) in [5.41, 5.74) is 2.05. The van der Waals surface area contributed by atoms with E-state index < -0.39 is 0 Å². The van der Waals surface area contributed by atoms with Gasteiger partial charge in [-0.1, -0.05) is 25.4 Å². The summed E-state index contributed by atoms with van der Waals surface area (Å²) >= 11 is 10.1. The Bertz CT molecular complexity index is 583. The van der Waals surface area contributed by atoms with Gasteiger partial charge in [-0.25, -0.2) is 15.0 Å². The molecule has 0 spiro atoms. The molecule has 0 aromatic carbocycles. The lowest BCUT2D eigenvalue weighted by molar-refractivity contribution is 0.628. The molecule has 2 rings (SSSR count). The number of nitrogens with zero attached hydrogens (tertiary/aromatic N) is 3. The van der Waals surface area contributed by atoms with E-state index in [2.05, 4.69) is 51.4 Å². The first-order chi connectivity index (χ1) is 8.95. The number of aromatic nitrogens is 3. The lowest BCUT2D eigenvalue weighted by Gasteiger charge is -2.09. The molecule has 3 nitrogen and oxygen atoms in total. The predicted octanol–water partition coefficient (Wildman–Crippen LogP) is 4.29. The van der Waals surface area contributed by atoms with Crippen molar-refractivity contribution >= 4 is 45.5 Å². The molecule has 0 saturated heterocycles. The van der Waals surface area contributed by atoms with E-state index in [9.17, 15) is 0 Å². The lowest BCUT2D eigenvalue weighted by Crippen LogP contribution is -2.07. The van der Waals surface area contributed by atoms with Crippen molar-refractivity contribution in [3.8, 4) is 0 Å². The number of halogens is 2. The summed E-state index contributed by atoms with van der Waals surface area (Å²) in [4.78, 5) is 13.4. The maximum absolute atomic E-state index is 6.20. The van der Waals surface area contributed by atoms with Crippen LogP contribution in [0.5, 0.6) is 0 Å². The van der Waals surface area contributed by atoms with Crippen LogP contribution in [0.15, 0.2) is 5.38 Å². The van der Waals surface area contributed by atoms with Crippen LogP contribution in [0.4, 0.5) is 0 Å². The SMILES string of the molecule is Cc1nc(Cc2nc(Cl)c(I)c(CC(C)C)n2)cs1. The van der Waals surface area contributed by atoms with Crippen molar-refractivity contribution in [1.29, 1.82) is 0 Å². The summed E-state index contributed by atoms with van der Waals surface area (Å²) < 4.78 is 0.964. The molecule has 0 aliphatic heterocycles. The van der Waals surface area contributed by atoms with E-state index in [-0.39, 0.29) is 0 Å². The van der Waals surface area contributed by atoms with Gasteiger partial charge in [0.1, 0.15) is 11.0 Å². The second-order valence-corrected chi connectivity index (χ2v) is 7.32. The Morgan fingerprint density at radius 2 is 2.05 bits per heavy atom. The molecular formula is C13H15ClIN3S. The van der Waals surface area contributed by atoms with Gasteiger partial charge in [0.25, 0.3) is 0 Å². The number of hydrogen-bond acceptors (Lipinski definition) is 4. The molecule has 2 aromatic rings. The van der Waals surface area contributed by atoms with Crippen molar-refractivity contribution < 1.29 is 0 Å². The summed E-state index contributed by atoms with van der Waals surface area (Å²) in [6.45, 7) is 6.35. The topological polar surface area (TPSA) is 38.7 Å². The summed E-state index contributed by atoms with van der Waals surface area (Å²) in [5, 5.41) is 3.66. The highest BCUT2D eigenvalue weighted by molar-refractivity contribution is 14.1. The average molecular weight is 408 g/mol. The van der Waals surface area contributed by atoms with E-state index in [4.69, 9.17) is 11.6 Å². The minimum Gasteiger partial charge on any atom is -0.246 e. The minimum absolute atomic E-state index is 0.549. The third-order valence-electron chi connectivity index (χ3n) is 2.53. The molecule has 102 valence electrons. The van der Waals surface area contributed by atoms with Crippen LogP contribution < -0.4 is 0 Å². The summed E-state index contributed by atoms with van der Waals surface area (Å²) in [6, 6.07) is 0. The van der Waals surface area contributed by atoms with Crippen LogP contribution in [0.25, 0.3) is 0 Å². The summed E-state index contributed by atoms with van der Waals surface area (Å²) in [5.74, 6) is 1.31. The van der Waals surface area contributed by atoms with Gasteiger partial charge in [-0.3, -0.25) is 0 Å². The normalized spacial score (nSPS) is 11.3. The third-order valence-corrected chi connectivity index (χ3v) is 5.08. The highest BCUT2D eigenvalue weighted by Crippen LogP contribution is 2.22. The van der Waals surface area contributed by atoms with Crippen LogP contribution in [-0.4, -0.2) is 15.0 Å². The Balaban J connectivity index is 2.28. The molecule has 0 atom stereocenters. The highest BCUT2D eigenvalue weighted by atomic mass is 127. The Hall–Kier alpha value is -0.270. The lowest BCUT2D eigenvalue weighted by atomic mass is 10.1. The van der Waals surface area contributed by atoms with Gasteiger partial charge in [0.2, 0.25) is 0 Å². The molecule has 0 N–H and O–H groups in total. The number of thiazole rings is 1. The zero-order valence-corrected chi connectivity index (χ0v) is 14.8. The van der Waals surface area contributed by atoms with Crippen molar-refractivity contribution in [1.82, 2.24) is 15.0 Å².